The molecule has 0 radical (unpaired) electrons. The van der Waals surface area contributed by atoms with Gasteiger partial charge in [0, 0.05) is 16.7 Å². The summed E-state index contributed by atoms with van der Waals surface area (Å²) in [6, 6.07) is 18.6. The van der Waals surface area contributed by atoms with E-state index >= 15 is 0 Å². The molecule has 0 saturated heterocycles. The van der Waals surface area contributed by atoms with Gasteiger partial charge in [0.05, 0.1) is 5.69 Å². The molecule has 2 aromatic rings. The van der Waals surface area contributed by atoms with Crippen molar-refractivity contribution in [1.82, 2.24) is 0 Å². The number of rotatable bonds is 2. The predicted molar refractivity (Wildman–Crippen MR) is 79.5 cm³/mol. The summed E-state index contributed by atoms with van der Waals surface area (Å²) in [5.74, 6) is 0. The van der Waals surface area contributed by atoms with Crippen LogP contribution in [0.3, 0.4) is 0 Å². The molecule has 2 nitrogen and oxygen atoms in total. The standard InChI is InChI=1S/C16H15NOS/c18-12-17-11-10-15(13-6-2-1-3-7-13)19-16-9-5-4-8-14(16)17/h1-9,12,15H,10-11H2. The Morgan fingerprint density at radius 2 is 1.79 bits per heavy atom. The van der Waals surface area contributed by atoms with Gasteiger partial charge in [-0.2, -0.15) is 0 Å². The first-order chi connectivity index (χ1) is 9.38. The maximum Gasteiger partial charge on any atom is 0.214 e. The van der Waals surface area contributed by atoms with Gasteiger partial charge in [0.1, 0.15) is 0 Å². The quantitative estimate of drug-likeness (QED) is 0.771. The first-order valence-electron chi connectivity index (χ1n) is 6.41. The first kappa shape index (κ1) is 12.3. The molecule has 0 saturated carbocycles. The Balaban J connectivity index is 1.96. The number of thioether (sulfide) groups is 1. The van der Waals surface area contributed by atoms with E-state index in [0.717, 1.165) is 25.1 Å². The van der Waals surface area contributed by atoms with Crippen molar-refractivity contribution >= 4 is 23.9 Å². The van der Waals surface area contributed by atoms with Crippen molar-refractivity contribution in [2.24, 2.45) is 0 Å². The Bertz CT molecular complexity index is 570. The van der Waals surface area contributed by atoms with Crippen LogP contribution in [0.15, 0.2) is 59.5 Å². The minimum absolute atomic E-state index is 0.410. The Labute approximate surface area is 117 Å². The highest BCUT2D eigenvalue weighted by Crippen LogP contribution is 2.44. The van der Waals surface area contributed by atoms with Gasteiger partial charge in [0.25, 0.3) is 0 Å². The second-order valence-electron chi connectivity index (χ2n) is 4.57. The van der Waals surface area contributed by atoms with Crippen LogP contribution in [0.25, 0.3) is 0 Å². The first-order valence-corrected chi connectivity index (χ1v) is 7.29. The van der Waals surface area contributed by atoms with Gasteiger partial charge in [-0.1, -0.05) is 42.5 Å². The maximum absolute atomic E-state index is 11.2. The van der Waals surface area contributed by atoms with Crippen molar-refractivity contribution < 1.29 is 4.79 Å². The average Bonchev–Trinajstić information content (AvgIpc) is 2.67. The molecule has 0 N–H and O–H groups in total. The molecule has 2 aromatic carbocycles. The lowest BCUT2D eigenvalue weighted by molar-refractivity contribution is -0.107. The molecule has 0 aromatic heterocycles. The van der Waals surface area contributed by atoms with E-state index in [2.05, 4.69) is 30.3 Å². The van der Waals surface area contributed by atoms with Crippen molar-refractivity contribution in [2.45, 2.75) is 16.6 Å². The number of amides is 1. The van der Waals surface area contributed by atoms with Gasteiger partial charge >= 0.3 is 0 Å². The Morgan fingerprint density at radius 1 is 1.05 bits per heavy atom. The average molecular weight is 269 g/mol. The van der Waals surface area contributed by atoms with Crippen LogP contribution in [0, 0.1) is 0 Å². The molecule has 1 unspecified atom stereocenters. The van der Waals surface area contributed by atoms with E-state index in [9.17, 15) is 4.79 Å². The molecule has 1 atom stereocenters. The van der Waals surface area contributed by atoms with Crippen LogP contribution in [0.1, 0.15) is 17.2 Å². The van der Waals surface area contributed by atoms with E-state index in [0.29, 0.717) is 5.25 Å². The number of hydrogen-bond acceptors (Lipinski definition) is 2. The lowest BCUT2D eigenvalue weighted by atomic mass is 10.1. The largest absolute Gasteiger partial charge is 0.314 e. The maximum atomic E-state index is 11.2. The summed E-state index contributed by atoms with van der Waals surface area (Å²) in [4.78, 5) is 14.2. The van der Waals surface area contributed by atoms with E-state index in [-0.39, 0.29) is 0 Å². The van der Waals surface area contributed by atoms with Crippen LogP contribution in [0.2, 0.25) is 0 Å². The van der Waals surface area contributed by atoms with Gasteiger partial charge in [-0.25, -0.2) is 0 Å². The molecule has 0 aliphatic carbocycles. The van der Waals surface area contributed by atoms with Crippen LogP contribution in [0.4, 0.5) is 5.69 Å². The zero-order valence-corrected chi connectivity index (χ0v) is 11.3. The summed E-state index contributed by atoms with van der Waals surface area (Å²) in [5.41, 5.74) is 2.36. The van der Waals surface area contributed by atoms with E-state index in [1.807, 2.05) is 40.9 Å². The second kappa shape index (κ2) is 5.49. The van der Waals surface area contributed by atoms with E-state index in [1.165, 1.54) is 10.5 Å². The van der Waals surface area contributed by atoms with Crippen molar-refractivity contribution in [3.05, 3.63) is 60.2 Å². The summed E-state index contributed by atoms with van der Waals surface area (Å²) in [6.07, 6.45) is 1.91. The van der Waals surface area contributed by atoms with E-state index in [1.54, 1.807) is 0 Å². The highest BCUT2D eigenvalue weighted by atomic mass is 32.2. The number of anilines is 1. The molecule has 0 bridgehead atoms. The number of hydrogen-bond donors (Lipinski definition) is 0. The number of para-hydroxylation sites is 1. The smallest absolute Gasteiger partial charge is 0.214 e. The second-order valence-corrected chi connectivity index (χ2v) is 5.82. The SMILES string of the molecule is O=CN1CCC(c2ccccc2)Sc2ccccc21. The van der Waals surface area contributed by atoms with Gasteiger partial charge in [-0.05, 0) is 24.1 Å². The Hall–Kier alpha value is -1.74. The van der Waals surface area contributed by atoms with Gasteiger partial charge < -0.3 is 4.90 Å². The van der Waals surface area contributed by atoms with Crippen LogP contribution in [-0.4, -0.2) is 13.0 Å². The van der Waals surface area contributed by atoms with Crippen LogP contribution in [-0.2, 0) is 4.79 Å². The zero-order chi connectivity index (χ0) is 13.1. The monoisotopic (exact) mass is 269 g/mol. The van der Waals surface area contributed by atoms with Crippen LogP contribution in [0.5, 0.6) is 0 Å². The molecule has 19 heavy (non-hydrogen) atoms. The van der Waals surface area contributed by atoms with E-state index < -0.39 is 0 Å². The highest BCUT2D eigenvalue weighted by Gasteiger charge is 2.22. The molecule has 0 fully saturated rings. The summed E-state index contributed by atoms with van der Waals surface area (Å²) < 4.78 is 0. The third-order valence-corrected chi connectivity index (χ3v) is 4.77. The lowest BCUT2D eigenvalue weighted by Gasteiger charge is -2.16. The number of benzene rings is 2. The normalized spacial score (nSPS) is 18.5. The summed E-state index contributed by atoms with van der Waals surface area (Å²) in [7, 11) is 0. The third kappa shape index (κ3) is 2.51. The minimum Gasteiger partial charge on any atom is -0.314 e. The number of carbonyl (C=O) groups excluding carboxylic acids is 1. The van der Waals surface area contributed by atoms with Gasteiger partial charge in [-0.3, -0.25) is 4.79 Å². The molecule has 3 rings (SSSR count). The summed E-state index contributed by atoms with van der Waals surface area (Å²) in [5, 5.41) is 0.410. The van der Waals surface area contributed by atoms with Crippen molar-refractivity contribution in [3.63, 3.8) is 0 Å². The molecular weight excluding hydrogens is 254 g/mol. The van der Waals surface area contributed by atoms with Gasteiger partial charge in [-0.15, -0.1) is 11.8 Å². The molecule has 1 aliphatic rings. The number of nitrogens with zero attached hydrogens (tertiary/aromatic N) is 1. The zero-order valence-electron chi connectivity index (χ0n) is 10.5. The molecule has 1 aliphatic heterocycles. The molecular formula is C16H15NOS. The molecule has 96 valence electrons. The number of fused-ring (bicyclic) bond motifs is 1. The van der Waals surface area contributed by atoms with Gasteiger partial charge in [0.15, 0.2) is 0 Å². The third-order valence-electron chi connectivity index (χ3n) is 3.37. The van der Waals surface area contributed by atoms with Crippen molar-refractivity contribution in [3.8, 4) is 0 Å². The highest BCUT2D eigenvalue weighted by molar-refractivity contribution is 7.99. The van der Waals surface area contributed by atoms with Crippen molar-refractivity contribution in [2.75, 3.05) is 11.4 Å². The van der Waals surface area contributed by atoms with Crippen LogP contribution < -0.4 is 4.90 Å². The fourth-order valence-electron chi connectivity index (χ4n) is 2.39. The van der Waals surface area contributed by atoms with E-state index in [4.69, 9.17) is 0 Å². The molecule has 0 spiro atoms. The predicted octanol–water partition coefficient (Wildman–Crippen LogP) is 3.89. The molecule has 1 amide bonds. The Morgan fingerprint density at radius 3 is 2.58 bits per heavy atom. The summed E-state index contributed by atoms with van der Waals surface area (Å²) >= 11 is 1.85. The van der Waals surface area contributed by atoms with Crippen LogP contribution >= 0.6 is 11.8 Å². The molecule has 1 heterocycles. The Kier molecular flexibility index (Phi) is 3.56. The molecule has 3 heteroatoms. The minimum atomic E-state index is 0.410. The van der Waals surface area contributed by atoms with Gasteiger partial charge in [0.2, 0.25) is 6.41 Å². The topological polar surface area (TPSA) is 20.3 Å². The lowest BCUT2D eigenvalue weighted by Crippen LogP contribution is -2.22. The van der Waals surface area contributed by atoms with Crippen molar-refractivity contribution in [1.29, 1.82) is 0 Å². The fourth-order valence-corrected chi connectivity index (χ4v) is 3.68. The number of carbonyl (C=O) groups is 1. The summed E-state index contributed by atoms with van der Waals surface area (Å²) in [6.45, 7) is 0.771. The fraction of sp³-hybridized carbons (Fsp3) is 0.188.